The number of hydrogen-bond donors (Lipinski definition) is 2. The monoisotopic (exact) mass is 284 g/mol. The molecule has 0 radical (unpaired) electrons. The summed E-state index contributed by atoms with van der Waals surface area (Å²) in [5.74, 6) is 1.67. The van der Waals surface area contributed by atoms with Crippen LogP contribution in [0.2, 0.25) is 0 Å². The Morgan fingerprint density at radius 3 is 2.90 bits per heavy atom. The van der Waals surface area contributed by atoms with Gasteiger partial charge in [0.15, 0.2) is 0 Å². The maximum Gasteiger partial charge on any atom is 0.134 e. The van der Waals surface area contributed by atoms with Crippen molar-refractivity contribution in [1.29, 1.82) is 0 Å². The smallest absolute Gasteiger partial charge is 0.134 e. The Morgan fingerprint density at radius 1 is 1.29 bits per heavy atom. The SMILES string of the molecule is C[C@@H]1Cc2ccccc2CN1c1cc(NCCO)ncn1. The predicted molar refractivity (Wildman–Crippen MR) is 83.4 cm³/mol. The molecule has 3 rings (SSSR count). The fourth-order valence-corrected chi connectivity index (χ4v) is 2.77. The van der Waals surface area contributed by atoms with Crippen molar-refractivity contribution < 1.29 is 5.11 Å². The van der Waals surface area contributed by atoms with Gasteiger partial charge < -0.3 is 15.3 Å². The number of nitrogens with one attached hydrogen (secondary N) is 1. The van der Waals surface area contributed by atoms with Crippen LogP contribution in [-0.2, 0) is 13.0 Å². The first-order valence-electron chi connectivity index (χ1n) is 7.28. The van der Waals surface area contributed by atoms with E-state index in [1.165, 1.54) is 11.1 Å². The zero-order valence-electron chi connectivity index (χ0n) is 12.2. The molecule has 110 valence electrons. The molecule has 2 N–H and O–H groups in total. The van der Waals surface area contributed by atoms with E-state index in [1.54, 1.807) is 6.33 Å². The molecule has 0 saturated heterocycles. The van der Waals surface area contributed by atoms with Crippen LogP contribution in [0.1, 0.15) is 18.1 Å². The van der Waals surface area contributed by atoms with Crippen LogP contribution in [-0.4, -0.2) is 34.3 Å². The third-order valence-electron chi connectivity index (χ3n) is 3.87. The predicted octanol–water partition coefficient (Wildman–Crippen LogP) is 1.83. The average Bonchev–Trinajstić information content (AvgIpc) is 2.52. The van der Waals surface area contributed by atoms with Gasteiger partial charge in [0.25, 0.3) is 0 Å². The summed E-state index contributed by atoms with van der Waals surface area (Å²) in [6.45, 7) is 3.67. The van der Waals surface area contributed by atoms with E-state index in [4.69, 9.17) is 5.11 Å². The van der Waals surface area contributed by atoms with Gasteiger partial charge in [-0.1, -0.05) is 24.3 Å². The third kappa shape index (κ3) is 2.97. The fourth-order valence-electron chi connectivity index (χ4n) is 2.77. The van der Waals surface area contributed by atoms with Gasteiger partial charge in [-0.15, -0.1) is 0 Å². The molecule has 1 aliphatic heterocycles. The van der Waals surface area contributed by atoms with Crippen LogP contribution in [0.15, 0.2) is 36.7 Å². The average molecular weight is 284 g/mol. The molecule has 1 aromatic heterocycles. The van der Waals surface area contributed by atoms with Crippen LogP contribution >= 0.6 is 0 Å². The van der Waals surface area contributed by atoms with Crippen LogP contribution in [0.25, 0.3) is 0 Å². The summed E-state index contributed by atoms with van der Waals surface area (Å²) in [5.41, 5.74) is 2.79. The van der Waals surface area contributed by atoms with E-state index in [1.807, 2.05) is 6.07 Å². The summed E-state index contributed by atoms with van der Waals surface area (Å²) in [4.78, 5) is 10.9. The molecule has 0 bridgehead atoms. The first kappa shape index (κ1) is 13.8. The van der Waals surface area contributed by atoms with Crippen molar-refractivity contribution in [3.63, 3.8) is 0 Å². The molecule has 0 aliphatic carbocycles. The highest BCUT2D eigenvalue weighted by molar-refractivity contribution is 5.51. The normalized spacial score (nSPS) is 17.4. The molecule has 5 heteroatoms. The van der Waals surface area contributed by atoms with E-state index in [2.05, 4.69) is 51.4 Å². The number of aromatic nitrogens is 2. The van der Waals surface area contributed by atoms with Crippen molar-refractivity contribution in [2.45, 2.75) is 25.9 Å². The van der Waals surface area contributed by atoms with Crippen molar-refractivity contribution in [3.05, 3.63) is 47.8 Å². The number of aliphatic hydroxyl groups excluding tert-OH is 1. The van der Waals surface area contributed by atoms with E-state index in [0.717, 1.165) is 24.6 Å². The minimum atomic E-state index is 0.0901. The molecular weight excluding hydrogens is 264 g/mol. The van der Waals surface area contributed by atoms with Crippen molar-refractivity contribution in [3.8, 4) is 0 Å². The van der Waals surface area contributed by atoms with Crippen molar-refractivity contribution in [2.24, 2.45) is 0 Å². The highest BCUT2D eigenvalue weighted by Gasteiger charge is 2.23. The summed E-state index contributed by atoms with van der Waals surface area (Å²) < 4.78 is 0. The minimum Gasteiger partial charge on any atom is -0.395 e. The Kier molecular flexibility index (Phi) is 4.01. The molecule has 0 fully saturated rings. The Labute approximate surface area is 124 Å². The van der Waals surface area contributed by atoms with Gasteiger partial charge in [0.05, 0.1) is 6.61 Å². The highest BCUT2D eigenvalue weighted by atomic mass is 16.3. The number of nitrogens with zero attached hydrogens (tertiary/aromatic N) is 3. The van der Waals surface area contributed by atoms with Crippen molar-refractivity contribution in [1.82, 2.24) is 9.97 Å². The zero-order valence-corrected chi connectivity index (χ0v) is 12.2. The van der Waals surface area contributed by atoms with Gasteiger partial charge in [-0.25, -0.2) is 9.97 Å². The van der Waals surface area contributed by atoms with Gasteiger partial charge in [0, 0.05) is 25.2 Å². The van der Waals surface area contributed by atoms with Gasteiger partial charge in [0.1, 0.15) is 18.0 Å². The van der Waals surface area contributed by atoms with Gasteiger partial charge in [-0.05, 0) is 24.5 Å². The second-order valence-corrected chi connectivity index (χ2v) is 5.36. The van der Waals surface area contributed by atoms with E-state index in [-0.39, 0.29) is 6.61 Å². The minimum absolute atomic E-state index is 0.0901. The summed E-state index contributed by atoms with van der Waals surface area (Å²) in [7, 11) is 0. The van der Waals surface area contributed by atoms with Crippen LogP contribution in [0, 0.1) is 0 Å². The molecule has 0 saturated carbocycles. The molecule has 5 nitrogen and oxygen atoms in total. The molecule has 21 heavy (non-hydrogen) atoms. The lowest BCUT2D eigenvalue weighted by atomic mass is 9.95. The topological polar surface area (TPSA) is 61.3 Å². The quantitative estimate of drug-likeness (QED) is 0.897. The fraction of sp³-hybridized carbons (Fsp3) is 0.375. The first-order valence-corrected chi connectivity index (χ1v) is 7.28. The largest absolute Gasteiger partial charge is 0.395 e. The Bertz CT molecular complexity index is 617. The maximum absolute atomic E-state index is 8.88. The maximum atomic E-state index is 8.88. The lowest BCUT2D eigenvalue weighted by Gasteiger charge is -2.35. The van der Waals surface area contributed by atoms with Crippen LogP contribution in [0.3, 0.4) is 0 Å². The molecule has 2 aromatic rings. The second-order valence-electron chi connectivity index (χ2n) is 5.36. The van der Waals surface area contributed by atoms with E-state index in [0.29, 0.717) is 12.6 Å². The number of rotatable bonds is 4. The lowest BCUT2D eigenvalue weighted by Crippen LogP contribution is -2.39. The lowest BCUT2D eigenvalue weighted by molar-refractivity contribution is 0.311. The molecule has 0 unspecified atom stereocenters. The summed E-state index contributed by atoms with van der Waals surface area (Å²) in [5, 5.41) is 12.0. The molecular formula is C16H20N4O. The molecule has 0 spiro atoms. The van der Waals surface area contributed by atoms with Gasteiger partial charge in [-0.3, -0.25) is 0 Å². The van der Waals surface area contributed by atoms with E-state index >= 15 is 0 Å². The summed E-state index contributed by atoms with van der Waals surface area (Å²) in [6, 6.07) is 10.9. The van der Waals surface area contributed by atoms with Crippen LogP contribution in [0.4, 0.5) is 11.6 Å². The van der Waals surface area contributed by atoms with Crippen molar-refractivity contribution >= 4 is 11.6 Å². The standard InChI is InChI=1S/C16H20N4O/c1-12-8-13-4-2-3-5-14(13)10-20(12)16-9-15(17-6-7-21)18-11-19-16/h2-5,9,11-12,21H,6-8,10H2,1H3,(H,17,18,19)/t12-/m1/s1. The third-order valence-corrected chi connectivity index (χ3v) is 3.87. The zero-order chi connectivity index (χ0) is 14.7. The van der Waals surface area contributed by atoms with Gasteiger partial charge in [-0.2, -0.15) is 0 Å². The molecule has 0 amide bonds. The van der Waals surface area contributed by atoms with Crippen LogP contribution in [0.5, 0.6) is 0 Å². The molecule has 2 heterocycles. The summed E-state index contributed by atoms with van der Waals surface area (Å²) in [6.07, 6.45) is 2.60. The second kappa shape index (κ2) is 6.10. The molecule has 1 aliphatic rings. The van der Waals surface area contributed by atoms with E-state index in [9.17, 15) is 0 Å². The number of anilines is 2. The Balaban J connectivity index is 1.84. The van der Waals surface area contributed by atoms with E-state index < -0.39 is 0 Å². The van der Waals surface area contributed by atoms with Gasteiger partial charge >= 0.3 is 0 Å². The number of fused-ring (bicyclic) bond motifs is 1. The van der Waals surface area contributed by atoms with Gasteiger partial charge in [0.2, 0.25) is 0 Å². The summed E-state index contributed by atoms with van der Waals surface area (Å²) >= 11 is 0. The Morgan fingerprint density at radius 2 is 2.10 bits per heavy atom. The van der Waals surface area contributed by atoms with Crippen LogP contribution < -0.4 is 10.2 Å². The Hall–Kier alpha value is -2.14. The molecule has 1 aromatic carbocycles. The number of hydrogen-bond acceptors (Lipinski definition) is 5. The highest BCUT2D eigenvalue weighted by Crippen LogP contribution is 2.27. The number of aliphatic hydroxyl groups is 1. The van der Waals surface area contributed by atoms with Crippen molar-refractivity contribution in [2.75, 3.05) is 23.4 Å². The molecule has 1 atom stereocenters. The number of benzene rings is 1. The first-order chi connectivity index (χ1) is 10.3.